The van der Waals surface area contributed by atoms with E-state index in [4.69, 9.17) is 18.9 Å². The van der Waals surface area contributed by atoms with Gasteiger partial charge in [-0.25, -0.2) is 9.59 Å². The van der Waals surface area contributed by atoms with E-state index in [0.717, 1.165) is 61.4 Å². The second kappa shape index (κ2) is 29.9. The molecular weight excluding hydrogens is 749 g/mol. The molecule has 4 aromatic rings. The lowest BCUT2D eigenvalue weighted by Crippen LogP contribution is -2.08. The summed E-state index contributed by atoms with van der Waals surface area (Å²) < 4.78 is 22.7. The molecule has 322 valence electrons. The number of aliphatic imine (C=N–C) groups is 2. The van der Waals surface area contributed by atoms with E-state index in [1.165, 1.54) is 89.9 Å². The minimum Gasteiger partial charge on any atom is -0.494 e. The molecule has 0 amide bonds. The van der Waals surface area contributed by atoms with E-state index in [2.05, 4.69) is 23.8 Å². The van der Waals surface area contributed by atoms with Gasteiger partial charge in [-0.05, 0) is 134 Å². The molecule has 0 saturated heterocycles. The van der Waals surface area contributed by atoms with E-state index in [1.54, 1.807) is 48.5 Å². The summed E-state index contributed by atoms with van der Waals surface area (Å²) in [6.45, 7) is 7.43. The van der Waals surface area contributed by atoms with Gasteiger partial charge < -0.3 is 18.9 Å². The van der Waals surface area contributed by atoms with E-state index in [9.17, 15) is 9.59 Å². The molecule has 4 aromatic carbocycles. The van der Waals surface area contributed by atoms with Crippen LogP contribution < -0.4 is 18.9 Å². The van der Waals surface area contributed by atoms with Gasteiger partial charge in [0.25, 0.3) is 0 Å². The van der Waals surface area contributed by atoms with Crippen molar-refractivity contribution >= 4 is 24.4 Å². The predicted molar refractivity (Wildman–Crippen MR) is 246 cm³/mol. The van der Waals surface area contributed by atoms with Crippen LogP contribution in [0.25, 0.3) is 0 Å². The third kappa shape index (κ3) is 20.1. The molecule has 0 fully saturated rings. The van der Waals surface area contributed by atoms with Gasteiger partial charge in [0.15, 0.2) is 0 Å². The molecule has 0 spiro atoms. The van der Waals surface area contributed by atoms with Crippen LogP contribution in [0.3, 0.4) is 0 Å². The highest BCUT2D eigenvalue weighted by molar-refractivity contribution is 5.92. The Morgan fingerprint density at radius 2 is 0.717 bits per heavy atom. The number of esters is 2. The van der Waals surface area contributed by atoms with Crippen molar-refractivity contribution in [2.24, 2.45) is 9.98 Å². The maximum absolute atomic E-state index is 12.6. The van der Waals surface area contributed by atoms with E-state index in [0.29, 0.717) is 35.8 Å². The van der Waals surface area contributed by atoms with E-state index >= 15 is 0 Å². The number of unbranched alkanes of at least 4 members (excludes halogenated alkanes) is 15. The molecule has 0 radical (unpaired) electrons. The van der Waals surface area contributed by atoms with Gasteiger partial charge in [0.1, 0.15) is 23.0 Å². The normalized spacial score (nSPS) is 11.3. The minimum absolute atomic E-state index is 0.387. The van der Waals surface area contributed by atoms with Crippen LogP contribution in [-0.2, 0) is 0 Å². The van der Waals surface area contributed by atoms with Gasteiger partial charge in [0.05, 0.1) is 24.3 Å². The molecule has 8 nitrogen and oxygen atoms in total. The molecule has 8 heteroatoms. The van der Waals surface area contributed by atoms with E-state index in [-0.39, 0.29) is 11.9 Å². The van der Waals surface area contributed by atoms with Gasteiger partial charge in [0.2, 0.25) is 0 Å². The quantitative estimate of drug-likeness (QED) is 0.0217. The Morgan fingerprint density at radius 1 is 0.400 bits per heavy atom. The molecule has 0 N–H and O–H groups in total. The highest BCUT2D eigenvalue weighted by Gasteiger charge is 2.10. The zero-order valence-electron chi connectivity index (χ0n) is 36.3. The van der Waals surface area contributed by atoms with Crippen LogP contribution >= 0.6 is 0 Å². The summed E-state index contributed by atoms with van der Waals surface area (Å²) in [5.74, 6) is 1.78. The molecule has 0 atom stereocenters. The van der Waals surface area contributed by atoms with Crippen molar-refractivity contribution < 1.29 is 28.5 Å². The summed E-state index contributed by atoms with van der Waals surface area (Å²) in [7, 11) is 0. The average Bonchev–Trinajstić information content (AvgIpc) is 3.27. The smallest absolute Gasteiger partial charge is 0.343 e. The van der Waals surface area contributed by atoms with Crippen LogP contribution in [0.5, 0.6) is 23.0 Å². The molecule has 0 aliphatic heterocycles. The Bertz CT molecular complexity index is 1670. The largest absolute Gasteiger partial charge is 0.494 e. The second-order valence-electron chi connectivity index (χ2n) is 15.4. The highest BCUT2D eigenvalue weighted by Crippen LogP contribution is 2.19. The molecule has 0 bridgehead atoms. The van der Waals surface area contributed by atoms with Crippen molar-refractivity contribution in [3.8, 4) is 23.0 Å². The van der Waals surface area contributed by atoms with Crippen molar-refractivity contribution in [3.63, 3.8) is 0 Å². The lowest BCUT2D eigenvalue weighted by atomic mass is 10.1. The van der Waals surface area contributed by atoms with E-state index in [1.807, 2.05) is 61.0 Å². The number of ether oxygens (including phenoxy) is 4. The van der Waals surface area contributed by atoms with Gasteiger partial charge in [0, 0.05) is 25.5 Å². The minimum atomic E-state index is -0.387. The molecule has 60 heavy (non-hydrogen) atoms. The molecule has 0 aromatic heterocycles. The second-order valence-corrected chi connectivity index (χ2v) is 15.4. The zero-order valence-corrected chi connectivity index (χ0v) is 36.3. The van der Waals surface area contributed by atoms with Crippen molar-refractivity contribution in [3.05, 3.63) is 119 Å². The van der Waals surface area contributed by atoms with Crippen molar-refractivity contribution in [2.45, 2.75) is 129 Å². The third-order valence-electron chi connectivity index (χ3n) is 10.2. The van der Waals surface area contributed by atoms with Gasteiger partial charge in [-0.2, -0.15) is 0 Å². The van der Waals surface area contributed by atoms with Crippen LogP contribution in [0, 0.1) is 0 Å². The number of hydrogen-bond acceptors (Lipinski definition) is 8. The van der Waals surface area contributed by atoms with Crippen LogP contribution in [0.4, 0.5) is 0 Å². The summed E-state index contributed by atoms with van der Waals surface area (Å²) in [5, 5.41) is 0. The number of carbonyl (C=O) groups is 2. The van der Waals surface area contributed by atoms with Gasteiger partial charge in [-0.1, -0.05) is 104 Å². The zero-order chi connectivity index (χ0) is 42.3. The Kier molecular flexibility index (Phi) is 23.6. The molecular formula is C52H68N2O6. The molecule has 0 heterocycles. The number of carbonyl (C=O) groups excluding carboxylic acids is 2. The molecule has 4 rings (SSSR count). The van der Waals surface area contributed by atoms with E-state index < -0.39 is 0 Å². The fourth-order valence-electron chi connectivity index (χ4n) is 6.55. The topological polar surface area (TPSA) is 95.8 Å². The monoisotopic (exact) mass is 817 g/mol. The standard InChI is InChI=1S/C52H68N2O6/c1-3-5-7-15-19-39-57-47-33-25-45(26-34-47)51(55)59-49-29-21-43(22-30-49)41-53-37-17-13-11-9-10-12-14-18-38-54-42-44-23-31-50(32-24-44)60-52(56)46-27-35-48(36-28-46)58-40-20-16-8-6-4-2/h21-36,41-42H,3-20,37-40H2,1-2H3. The SMILES string of the molecule is CCCCCCCOc1ccc(C(=O)Oc2ccc(C=NCCCCCCCCCCN=Cc3ccc(OC(=O)c4ccc(OCCCCCCC)cc4)cc3)cc2)cc1. The lowest BCUT2D eigenvalue weighted by molar-refractivity contribution is 0.0725. The van der Waals surface area contributed by atoms with Gasteiger partial charge in [-0.3, -0.25) is 9.98 Å². The highest BCUT2D eigenvalue weighted by atomic mass is 16.5. The molecule has 0 saturated carbocycles. The van der Waals surface area contributed by atoms with Gasteiger partial charge in [-0.15, -0.1) is 0 Å². The Hall–Kier alpha value is -5.24. The summed E-state index contributed by atoms with van der Waals surface area (Å²) in [6, 6.07) is 29.2. The Balaban J connectivity index is 0.969. The summed E-state index contributed by atoms with van der Waals surface area (Å²) >= 11 is 0. The first kappa shape index (κ1) is 47.4. The number of rotatable bonds is 31. The maximum Gasteiger partial charge on any atom is 0.343 e. The number of hydrogen-bond donors (Lipinski definition) is 0. The van der Waals surface area contributed by atoms with Crippen molar-refractivity contribution in [1.82, 2.24) is 0 Å². The first-order chi connectivity index (χ1) is 29.5. The lowest BCUT2D eigenvalue weighted by Gasteiger charge is -2.08. The fourth-order valence-corrected chi connectivity index (χ4v) is 6.55. The molecule has 0 aliphatic carbocycles. The third-order valence-corrected chi connectivity index (χ3v) is 10.2. The van der Waals surface area contributed by atoms with Crippen LogP contribution in [-0.4, -0.2) is 50.7 Å². The van der Waals surface area contributed by atoms with Gasteiger partial charge >= 0.3 is 11.9 Å². The summed E-state index contributed by atoms with van der Waals surface area (Å²) in [5.41, 5.74) is 2.96. The Morgan fingerprint density at radius 3 is 1.08 bits per heavy atom. The fraction of sp³-hybridized carbons (Fsp3) is 0.462. The van der Waals surface area contributed by atoms with Crippen molar-refractivity contribution in [1.29, 1.82) is 0 Å². The average molecular weight is 817 g/mol. The molecule has 0 aliphatic rings. The number of benzene rings is 4. The summed E-state index contributed by atoms with van der Waals surface area (Å²) in [6.07, 6.45) is 25.2. The predicted octanol–water partition coefficient (Wildman–Crippen LogP) is 13.5. The van der Waals surface area contributed by atoms with Crippen molar-refractivity contribution in [2.75, 3.05) is 26.3 Å². The Labute approximate surface area is 359 Å². The summed E-state index contributed by atoms with van der Waals surface area (Å²) in [4.78, 5) is 34.4. The first-order valence-corrected chi connectivity index (χ1v) is 22.6. The first-order valence-electron chi connectivity index (χ1n) is 22.6. The van der Waals surface area contributed by atoms with Crippen LogP contribution in [0.1, 0.15) is 161 Å². The van der Waals surface area contributed by atoms with Crippen LogP contribution in [0.15, 0.2) is 107 Å². The number of nitrogens with zero attached hydrogens (tertiary/aromatic N) is 2. The van der Waals surface area contributed by atoms with Crippen LogP contribution in [0.2, 0.25) is 0 Å². The molecule has 0 unspecified atom stereocenters. The maximum atomic E-state index is 12.6.